The summed E-state index contributed by atoms with van der Waals surface area (Å²) in [4.78, 5) is 11.6. The monoisotopic (exact) mass is 241 g/mol. The summed E-state index contributed by atoms with van der Waals surface area (Å²) in [5.74, 6) is -1.16. The Morgan fingerprint density at radius 2 is 2.44 bits per heavy atom. The molecule has 2 rings (SSSR count). The quantitative estimate of drug-likeness (QED) is 0.884. The molecule has 0 unspecified atom stereocenters. The molecule has 5 nitrogen and oxygen atoms in total. The second-order valence-electron chi connectivity index (χ2n) is 2.98. The molecule has 1 N–H and O–H groups in total. The summed E-state index contributed by atoms with van der Waals surface area (Å²) in [6, 6.07) is 3.54. The lowest BCUT2D eigenvalue weighted by Crippen LogP contribution is -2.05. The first-order valence-corrected chi connectivity index (χ1v) is 5.38. The maximum Gasteiger partial charge on any atom is 0.358 e. The first-order chi connectivity index (χ1) is 7.74. The number of aryl methyl sites for hydroxylation is 1. The minimum atomic E-state index is -1.16. The van der Waals surface area contributed by atoms with E-state index in [0.717, 1.165) is 4.88 Å². The van der Waals surface area contributed by atoms with E-state index in [9.17, 15) is 9.18 Å². The zero-order valence-corrected chi connectivity index (χ0v) is 8.95. The first-order valence-electron chi connectivity index (χ1n) is 4.50. The summed E-state index contributed by atoms with van der Waals surface area (Å²) in [6.07, 6.45) is 0. The normalized spacial score (nSPS) is 10.6. The van der Waals surface area contributed by atoms with Crippen LogP contribution in [0.5, 0.6) is 0 Å². The molecule has 0 atom stereocenters. The van der Waals surface area contributed by atoms with Crippen LogP contribution in [0.3, 0.4) is 0 Å². The van der Waals surface area contributed by atoms with Gasteiger partial charge in [-0.1, -0.05) is 11.3 Å². The summed E-state index contributed by atoms with van der Waals surface area (Å²) in [6.45, 7) is -0.603. The fourth-order valence-electron chi connectivity index (χ4n) is 1.35. The smallest absolute Gasteiger partial charge is 0.358 e. The third-order valence-corrected chi connectivity index (χ3v) is 2.87. The van der Waals surface area contributed by atoms with Crippen LogP contribution in [0.15, 0.2) is 17.5 Å². The van der Waals surface area contributed by atoms with Gasteiger partial charge >= 0.3 is 5.97 Å². The molecule has 0 aliphatic carbocycles. The summed E-state index contributed by atoms with van der Waals surface area (Å²) in [7, 11) is 0. The summed E-state index contributed by atoms with van der Waals surface area (Å²) in [5, 5.41) is 17.9. The van der Waals surface area contributed by atoms with Crippen LogP contribution in [0.2, 0.25) is 0 Å². The maximum absolute atomic E-state index is 12.3. The van der Waals surface area contributed by atoms with Crippen LogP contribution in [0.4, 0.5) is 4.39 Å². The number of rotatable bonds is 4. The standard InChI is InChI=1S/C9H8FN3O2S/c10-3-4-13-8(6-2-1-5-16-6)7(9(14)15)11-12-13/h1-2,5H,3-4H2,(H,14,15). The number of nitrogens with zero attached hydrogens (tertiary/aromatic N) is 3. The van der Waals surface area contributed by atoms with Crippen LogP contribution in [0, 0.1) is 0 Å². The number of carboxylic acid groups (broad SMARTS) is 1. The van der Waals surface area contributed by atoms with E-state index in [1.165, 1.54) is 16.0 Å². The number of halogens is 1. The topological polar surface area (TPSA) is 68.0 Å². The molecule has 0 radical (unpaired) electrons. The molecule has 2 aromatic rings. The lowest BCUT2D eigenvalue weighted by Gasteiger charge is -2.01. The molecule has 2 aromatic heterocycles. The molecule has 0 saturated heterocycles. The summed E-state index contributed by atoms with van der Waals surface area (Å²) < 4.78 is 13.6. The molecule has 2 heterocycles. The number of aromatic carboxylic acids is 1. The molecule has 0 fully saturated rings. The van der Waals surface area contributed by atoms with E-state index in [1.807, 2.05) is 5.38 Å². The minimum Gasteiger partial charge on any atom is -0.476 e. The number of hydrogen-bond donors (Lipinski definition) is 1. The Bertz CT molecular complexity index is 495. The molecule has 0 spiro atoms. The van der Waals surface area contributed by atoms with Gasteiger partial charge in [-0.15, -0.1) is 16.4 Å². The molecule has 0 aliphatic heterocycles. The van der Waals surface area contributed by atoms with E-state index in [-0.39, 0.29) is 12.2 Å². The highest BCUT2D eigenvalue weighted by atomic mass is 32.1. The molecule has 0 bridgehead atoms. The van der Waals surface area contributed by atoms with Crippen LogP contribution in [-0.2, 0) is 6.54 Å². The van der Waals surface area contributed by atoms with Crippen molar-refractivity contribution in [3.8, 4) is 10.6 Å². The Balaban J connectivity index is 2.54. The van der Waals surface area contributed by atoms with Crippen molar-refractivity contribution in [1.29, 1.82) is 0 Å². The van der Waals surface area contributed by atoms with Gasteiger partial charge in [-0.2, -0.15) is 0 Å². The van der Waals surface area contributed by atoms with Crippen molar-refractivity contribution in [3.63, 3.8) is 0 Å². The van der Waals surface area contributed by atoms with Gasteiger partial charge < -0.3 is 5.11 Å². The molecule has 0 aliphatic rings. The molecule has 0 saturated carbocycles. The van der Waals surface area contributed by atoms with Crippen molar-refractivity contribution in [2.45, 2.75) is 6.54 Å². The molecule has 0 aromatic carbocycles. The highest BCUT2D eigenvalue weighted by Crippen LogP contribution is 2.26. The van der Waals surface area contributed by atoms with Crippen molar-refractivity contribution in [2.24, 2.45) is 0 Å². The van der Waals surface area contributed by atoms with E-state index in [2.05, 4.69) is 10.3 Å². The lowest BCUT2D eigenvalue weighted by molar-refractivity contribution is 0.0691. The van der Waals surface area contributed by atoms with Gasteiger partial charge in [0, 0.05) is 0 Å². The predicted molar refractivity (Wildman–Crippen MR) is 56.3 cm³/mol. The van der Waals surface area contributed by atoms with Crippen LogP contribution in [-0.4, -0.2) is 32.7 Å². The zero-order chi connectivity index (χ0) is 11.5. The van der Waals surface area contributed by atoms with Crippen LogP contribution >= 0.6 is 11.3 Å². The molecular formula is C9H8FN3O2S. The van der Waals surface area contributed by atoms with Crippen molar-refractivity contribution in [3.05, 3.63) is 23.2 Å². The van der Waals surface area contributed by atoms with Gasteiger partial charge in [-0.3, -0.25) is 0 Å². The minimum absolute atomic E-state index is 0.00745. The highest BCUT2D eigenvalue weighted by Gasteiger charge is 2.20. The van der Waals surface area contributed by atoms with E-state index in [0.29, 0.717) is 5.69 Å². The van der Waals surface area contributed by atoms with Crippen molar-refractivity contribution >= 4 is 17.3 Å². The van der Waals surface area contributed by atoms with Gasteiger partial charge in [0.2, 0.25) is 0 Å². The zero-order valence-electron chi connectivity index (χ0n) is 8.13. The first kappa shape index (κ1) is 10.7. The van der Waals surface area contributed by atoms with E-state index >= 15 is 0 Å². The van der Waals surface area contributed by atoms with Gasteiger partial charge in [0.05, 0.1) is 11.4 Å². The summed E-state index contributed by atoms with van der Waals surface area (Å²) in [5.41, 5.74) is 0.219. The fraction of sp³-hybridized carbons (Fsp3) is 0.222. The highest BCUT2D eigenvalue weighted by molar-refractivity contribution is 7.13. The Hall–Kier alpha value is -1.76. The number of carboxylic acids is 1. The average molecular weight is 241 g/mol. The third kappa shape index (κ3) is 1.81. The van der Waals surface area contributed by atoms with E-state index < -0.39 is 12.6 Å². The van der Waals surface area contributed by atoms with Gasteiger partial charge in [0.1, 0.15) is 12.4 Å². The molecule has 16 heavy (non-hydrogen) atoms. The molecular weight excluding hydrogens is 233 g/mol. The third-order valence-electron chi connectivity index (χ3n) is 1.99. The van der Waals surface area contributed by atoms with Gasteiger partial charge in [0.25, 0.3) is 0 Å². The van der Waals surface area contributed by atoms with E-state index in [1.54, 1.807) is 12.1 Å². The Morgan fingerprint density at radius 3 is 3.00 bits per heavy atom. The average Bonchev–Trinajstić information content (AvgIpc) is 2.84. The number of aromatic nitrogens is 3. The van der Waals surface area contributed by atoms with Gasteiger partial charge in [-0.25, -0.2) is 13.9 Å². The van der Waals surface area contributed by atoms with Crippen LogP contribution < -0.4 is 0 Å². The second-order valence-corrected chi connectivity index (χ2v) is 3.93. The van der Waals surface area contributed by atoms with Gasteiger partial charge in [-0.05, 0) is 11.4 Å². The Morgan fingerprint density at radius 1 is 1.62 bits per heavy atom. The largest absolute Gasteiger partial charge is 0.476 e. The molecule has 7 heteroatoms. The van der Waals surface area contributed by atoms with Crippen molar-refractivity contribution in [1.82, 2.24) is 15.0 Å². The number of carbonyl (C=O) groups is 1. The van der Waals surface area contributed by atoms with Crippen molar-refractivity contribution < 1.29 is 14.3 Å². The van der Waals surface area contributed by atoms with E-state index in [4.69, 9.17) is 5.11 Å². The number of thiophene rings is 1. The maximum atomic E-state index is 12.3. The lowest BCUT2D eigenvalue weighted by atomic mass is 10.2. The van der Waals surface area contributed by atoms with Crippen LogP contribution in [0.25, 0.3) is 10.6 Å². The Labute approximate surface area is 94.1 Å². The summed E-state index contributed by atoms with van der Waals surface area (Å²) >= 11 is 1.37. The fourth-order valence-corrected chi connectivity index (χ4v) is 2.13. The van der Waals surface area contributed by atoms with Gasteiger partial charge in [0.15, 0.2) is 5.69 Å². The molecule has 0 amide bonds. The number of alkyl halides is 1. The van der Waals surface area contributed by atoms with Crippen LogP contribution in [0.1, 0.15) is 10.5 Å². The SMILES string of the molecule is O=C(O)c1nnn(CCF)c1-c1cccs1. The Kier molecular flexibility index (Phi) is 2.95. The number of hydrogen-bond acceptors (Lipinski definition) is 4. The van der Waals surface area contributed by atoms with Crippen molar-refractivity contribution in [2.75, 3.05) is 6.67 Å². The molecule has 84 valence electrons. The predicted octanol–water partition coefficient (Wildman–Crippen LogP) is 1.67. The second kappa shape index (κ2) is 4.40.